The third-order valence-corrected chi connectivity index (χ3v) is 14.7. The molecule has 6 unspecified atom stereocenters. The largest absolute Gasteiger partial charge is 0.486 e. The first-order chi connectivity index (χ1) is 40.4. The molecule has 0 spiro atoms. The lowest BCUT2D eigenvalue weighted by Gasteiger charge is -2.52. The lowest BCUT2D eigenvalue weighted by molar-refractivity contribution is -0.436. The molecule has 3 saturated heterocycles. The van der Waals surface area contributed by atoms with Gasteiger partial charge in [-0.2, -0.15) is 0 Å². The molecular weight excluding hydrogens is 1100 g/mol. The summed E-state index contributed by atoms with van der Waals surface area (Å²) in [7, 11) is 0. The van der Waals surface area contributed by atoms with E-state index in [9.17, 15) is 75.0 Å². The van der Waals surface area contributed by atoms with Crippen LogP contribution in [0.4, 0.5) is 0 Å². The Kier molecular flexibility index (Phi) is 27.4. The average molecular weight is 1190 g/mol. The Labute approximate surface area is 486 Å². The summed E-state index contributed by atoms with van der Waals surface area (Å²) in [5.41, 5.74) is 3.06. The molecule has 0 saturated carbocycles. The van der Waals surface area contributed by atoms with Gasteiger partial charge in [0.15, 0.2) is 24.7 Å². The van der Waals surface area contributed by atoms with Gasteiger partial charge in [-0.1, -0.05) is 73.9 Å². The van der Waals surface area contributed by atoms with Gasteiger partial charge in [-0.15, -0.1) is 0 Å². The second kappa shape index (κ2) is 34.1. The molecule has 3 heterocycles. The molecule has 25 nitrogen and oxygen atoms in total. The number of aliphatic hydroxyl groups excluding tert-OH is 9. The number of benzene rings is 3. The van der Waals surface area contributed by atoms with Crippen molar-refractivity contribution in [2.45, 2.75) is 189 Å². The fourth-order valence-electron chi connectivity index (χ4n) is 9.88. The average Bonchev–Trinajstić information content (AvgIpc) is 1.33. The molecule has 3 aromatic rings. The summed E-state index contributed by atoms with van der Waals surface area (Å²) >= 11 is 0. The predicted molar refractivity (Wildman–Crippen MR) is 294 cm³/mol. The second-order valence-electron chi connectivity index (χ2n) is 21.2. The first-order valence-electron chi connectivity index (χ1n) is 28.5. The predicted octanol–water partition coefficient (Wildman–Crippen LogP) is 0.344. The van der Waals surface area contributed by atoms with Crippen molar-refractivity contribution in [3.05, 3.63) is 90.0 Å². The molecular formula is C59H82N2O23. The molecule has 3 aliphatic heterocycles. The van der Waals surface area contributed by atoms with E-state index in [-0.39, 0.29) is 43.7 Å². The minimum Gasteiger partial charge on any atom is -0.486 e. The Bertz CT molecular complexity index is 2510. The first-order valence-corrected chi connectivity index (χ1v) is 28.5. The van der Waals surface area contributed by atoms with Gasteiger partial charge < -0.3 is 99.6 Å². The van der Waals surface area contributed by atoms with E-state index in [1.54, 1.807) is 30.3 Å². The van der Waals surface area contributed by atoms with Crippen LogP contribution in [0.3, 0.4) is 0 Å². The van der Waals surface area contributed by atoms with Gasteiger partial charge in [-0.05, 0) is 79.5 Å². The number of aliphatic hydroxyl groups is 10. The van der Waals surface area contributed by atoms with Crippen molar-refractivity contribution < 1.29 is 113 Å². The van der Waals surface area contributed by atoms with Gasteiger partial charge in [-0.3, -0.25) is 19.2 Å². The van der Waals surface area contributed by atoms with Crippen molar-refractivity contribution >= 4 is 29.4 Å². The first kappa shape index (κ1) is 67.7. The van der Waals surface area contributed by atoms with E-state index < -0.39 is 123 Å². The van der Waals surface area contributed by atoms with Crippen LogP contribution in [0.2, 0.25) is 0 Å². The number of ketones is 2. The highest BCUT2D eigenvalue weighted by molar-refractivity contribution is 5.91. The van der Waals surface area contributed by atoms with E-state index in [0.717, 1.165) is 42.9 Å². The van der Waals surface area contributed by atoms with Crippen LogP contribution in [0.5, 0.6) is 5.75 Å². The Balaban J connectivity index is 0.801. The molecule has 12 N–H and O–H groups in total. The quantitative estimate of drug-likeness (QED) is 0.0218. The van der Waals surface area contributed by atoms with Crippen molar-refractivity contribution in [3.8, 4) is 16.9 Å². The van der Waals surface area contributed by atoms with Crippen LogP contribution in [0.25, 0.3) is 11.1 Å². The molecule has 0 aliphatic carbocycles. The summed E-state index contributed by atoms with van der Waals surface area (Å²) in [6.45, 7) is -1.14. The highest BCUT2D eigenvalue weighted by Crippen LogP contribution is 2.37. The molecule has 84 heavy (non-hydrogen) atoms. The smallest absolute Gasteiger partial charge is 0.338 e. The maximum Gasteiger partial charge on any atom is 0.338 e. The Morgan fingerprint density at radius 3 is 1.93 bits per heavy atom. The van der Waals surface area contributed by atoms with Crippen molar-refractivity contribution in [1.29, 1.82) is 0 Å². The van der Waals surface area contributed by atoms with Crippen LogP contribution in [0.1, 0.15) is 106 Å². The zero-order chi connectivity index (χ0) is 60.8. The Hall–Kier alpha value is -5.43. The van der Waals surface area contributed by atoms with Gasteiger partial charge in [0.25, 0.3) is 0 Å². The standard InChI is InChI=1S/C59H82N2O23/c1-35(65)61-47-54(74)59(76,84-58-52(73)53(49(70)44(31-63)81-58)83-57-51(72)50(71)48(69)43(30-62)80-57)45(32-64)82-56(47)77-28-13-11-20-40(66)19-9-5-12-27-60-46(68)22-10-3-2-8-21-41(67)34-78-42-25-23-37(24-26-42)38-17-14-18-39(29-38)55(75)79-33-36-15-6-4-7-16-36/h4,6-7,14-18,23-26,29,43-45,47-54,56-58,62-64,69-74,76H,2-3,5,8-13,19-22,27-28,30-34H2,1H3,(H,60,68)(H,61,65)/t43?,44?,45?,47?,48-,49-,50-,51?,52?,53-,54+,56+,57+,58-,59+/m0/s1. The third-order valence-electron chi connectivity index (χ3n) is 14.7. The van der Waals surface area contributed by atoms with E-state index in [4.69, 9.17) is 37.9 Å². The molecule has 466 valence electrons. The number of rotatable bonds is 34. The molecule has 2 amide bonds. The van der Waals surface area contributed by atoms with Crippen molar-refractivity contribution in [1.82, 2.24) is 10.6 Å². The van der Waals surface area contributed by atoms with Gasteiger partial charge in [0.05, 0.1) is 25.4 Å². The topological polar surface area (TPSA) is 386 Å². The lowest BCUT2D eigenvalue weighted by Crippen LogP contribution is -2.74. The minimum atomic E-state index is -3.01. The number of esters is 1. The summed E-state index contributed by atoms with van der Waals surface area (Å²) in [4.78, 5) is 62.5. The fraction of sp³-hybridized carbons (Fsp3) is 0.610. The van der Waals surface area contributed by atoms with E-state index in [2.05, 4.69) is 10.6 Å². The van der Waals surface area contributed by atoms with Gasteiger partial charge in [0, 0.05) is 45.8 Å². The number of carbonyl (C=O) groups is 5. The van der Waals surface area contributed by atoms with Gasteiger partial charge in [0.1, 0.15) is 91.8 Å². The minimum absolute atomic E-state index is 0.0198. The summed E-state index contributed by atoms with van der Waals surface area (Å²) in [6, 6.07) is 22.4. The van der Waals surface area contributed by atoms with Crippen LogP contribution < -0.4 is 15.4 Å². The maximum absolute atomic E-state index is 12.7. The number of amides is 2. The molecule has 25 heteroatoms. The summed E-state index contributed by atoms with van der Waals surface area (Å²) in [6.07, 6.45) is -17.0. The van der Waals surface area contributed by atoms with Crippen LogP contribution in [-0.4, -0.2) is 212 Å². The zero-order valence-electron chi connectivity index (χ0n) is 47.0. The van der Waals surface area contributed by atoms with E-state index in [1.807, 2.05) is 48.5 Å². The Morgan fingerprint density at radius 1 is 0.607 bits per heavy atom. The summed E-state index contributed by atoms with van der Waals surface area (Å²) < 4.78 is 44.8. The lowest BCUT2D eigenvalue weighted by atomic mass is 9.92. The number of ether oxygens (including phenoxy) is 8. The molecule has 3 aliphatic rings. The van der Waals surface area contributed by atoms with Crippen molar-refractivity contribution in [2.24, 2.45) is 0 Å². The van der Waals surface area contributed by atoms with Gasteiger partial charge in [-0.25, -0.2) is 4.79 Å². The molecule has 3 fully saturated rings. The third kappa shape index (κ3) is 19.5. The normalized spacial score (nSPS) is 28.7. The summed E-state index contributed by atoms with van der Waals surface area (Å²) in [5.74, 6) is -3.63. The van der Waals surface area contributed by atoms with E-state index in [1.165, 1.54) is 0 Å². The molecule has 0 aromatic heterocycles. The van der Waals surface area contributed by atoms with E-state index in [0.29, 0.717) is 75.6 Å². The monoisotopic (exact) mass is 1190 g/mol. The second-order valence-corrected chi connectivity index (χ2v) is 21.2. The number of hydrogen-bond acceptors (Lipinski definition) is 23. The zero-order valence-corrected chi connectivity index (χ0v) is 47.0. The Morgan fingerprint density at radius 2 is 1.25 bits per heavy atom. The molecule has 15 atom stereocenters. The fourth-order valence-corrected chi connectivity index (χ4v) is 9.88. The van der Waals surface area contributed by atoms with Crippen molar-refractivity contribution in [3.63, 3.8) is 0 Å². The highest BCUT2D eigenvalue weighted by atomic mass is 16.8. The molecule has 0 radical (unpaired) electrons. The number of hydrogen-bond donors (Lipinski definition) is 12. The maximum atomic E-state index is 12.7. The molecule has 0 bridgehead atoms. The number of Topliss-reactive ketones (excluding diaryl/α,β-unsaturated/α-hetero) is 2. The van der Waals surface area contributed by atoms with E-state index >= 15 is 0 Å². The molecule has 6 rings (SSSR count). The van der Waals surface area contributed by atoms with Crippen LogP contribution >= 0.6 is 0 Å². The van der Waals surface area contributed by atoms with Crippen LogP contribution in [0, 0.1) is 0 Å². The number of carbonyl (C=O) groups excluding carboxylic acids is 5. The molecule has 3 aromatic carbocycles. The van der Waals surface area contributed by atoms with Gasteiger partial charge in [0.2, 0.25) is 17.6 Å². The van der Waals surface area contributed by atoms with Crippen LogP contribution in [-0.2, 0) is 58.9 Å². The SMILES string of the molecule is CC(=O)NC1[C@H](OCCCCC(=O)CCCCCNC(=O)CCCCCCC(=O)COc2ccc(-c3cccc(C(=O)OCc4ccccc4)c3)cc2)OC(CO)[C@@](O)(O[C@@H]2OC(CO)[C@H](O)[C@H](O[C@H]3OC(CO)[C@H](O)[C@H](O)C3O)C2O)[C@@H]1O. The summed E-state index contributed by atoms with van der Waals surface area (Å²) in [5, 5.41) is 112. The number of unbranched alkanes of at least 4 members (excludes halogenated alkanes) is 6. The van der Waals surface area contributed by atoms with Crippen LogP contribution in [0.15, 0.2) is 78.9 Å². The highest BCUT2D eigenvalue weighted by Gasteiger charge is 2.60. The van der Waals surface area contributed by atoms with Gasteiger partial charge >= 0.3 is 5.97 Å². The van der Waals surface area contributed by atoms with Crippen molar-refractivity contribution in [2.75, 3.05) is 39.6 Å². The number of nitrogens with one attached hydrogen (secondary N) is 2.